The lowest BCUT2D eigenvalue weighted by atomic mass is 9.50. The van der Waals surface area contributed by atoms with Crippen molar-refractivity contribution in [3.63, 3.8) is 0 Å². The summed E-state index contributed by atoms with van der Waals surface area (Å²) in [6, 6.07) is 0. The minimum atomic E-state index is -1.65. The van der Waals surface area contributed by atoms with E-state index in [2.05, 4.69) is 19.6 Å². The zero-order valence-electron chi connectivity index (χ0n) is 12.7. The maximum atomic E-state index is 10.8. The number of aliphatic hydroxyl groups excluding tert-OH is 1. The minimum absolute atomic E-state index is 0.103. The molecule has 0 radical (unpaired) electrons. The summed E-state index contributed by atoms with van der Waals surface area (Å²) in [5.41, 5.74) is -0.455. The number of aliphatic hydroxyl groups is 1. The molecule has 2 aliphatic carbocycles. The van der Waals surface area contributed by atoms with Gasteiger partial charge in [0.05, 0.1) is 24.2 Å². The molecule has 20 heavy (non-hydrogen) atoms. The van der Waals surface area contributed by atoms with Gasteiger partial charge in [0.1, 0.15) is 5.60 Å². The van der Waals surface area contributed by atoms with Crippen LogP contribution in [-0.4, -0.2) is 44.1 Å². The predicted molar refractivity (Wildman–Crippen MR) is 76.8 cm³/mol. The molecule has 3 aliphatic heterocycles. The van der Waals surface area contributed by atoms with Gasteiger partial charge in [0.2, 0.25) is 0 Å². The van der Waals surface area contributed by atoms with Gasteiger partial charge >= 0.3 is 0 Å². The monoisotopic (exact) mass is 298 g/mol. The molecule has 5 aliphatic rings. The Balaban J connectivity index is 1.76. The standard InChI is InChI=1S/C15H26O4Si/c1-20(2,3)19-12-6-4-5-10-7-11-8-14(9-17-14)15(10,12)13(16)18-11/h10-13,16H,4-9H2,1-3H3/t10-,11+,12-,13?,14-,15-/m0/s1. The second-order valence-electron chi connectivity index (χ2n) is 8.11. The molecule has 0 aromatic rings. The van der Waals surface area contributed by atoms with Crippen molar-refractivity contribution >= 4 is 8.32 Å². The first-order valence-electron chi connectivity index (χ1n) is 8.03. The average Bonchev–Trinajstić information content (AvgIpc) is 3.06. The smallest absolute Gasteiger partial charge is 0.184 e. The van der Waals surface area contributed by atoms with E-state index >= 15 is 0 Å². The van der Waals surface area contributed by atoms with Crippen LogP contribution in [0, 0.1) is 11.3 Å². The summed E-state index contributed by atoms with van der Waals surface area (Å²) in [5, 5.41) is 10.8. The number of epoxide rings is 1. The third-order valence-corrected chi connectivity index (χ3v) is 6.83. The van der Waals surface area contributed by atoms with E-state index in [0.29, 0.717) is 5.92 Å². The fraction of sp³-hybridized carbons (Fsp3) is 1.00. The summed E-state index contributed by atoms with van der Waals surface area (Å²) in [5.74, 6) is 0.502. The van der Waals surface area contributed by atoms with E-state index in [1.807, 2.05) is 0 Å². The second-order valence-corrected chi connectivity index (χ2v) is 12.6. The molecule has 5 rings (SSSR count). The third kappa shape index (κ3) is 1.67. The Morgan fingerprint density at radius 2 is 2.00 bits per heavy atom. The average molecular weight is 298 g/mol. The lowest BCUT2D eigenvalue weighted by Gasteiger charge is -2.63. The highest BCUT2D eigenvalue weighted by atomic mass is 28.4. The maximum absolute atomic E-state index is 10.8. The lowest BCUT2D eigenvalue weighted by molar-refractivity contribution is -0.342. The molecule has 3 heterocycles. The summed E-state index contributed by atoms with van der Waals surface area (Å²) in [6.45, 7) is 7.48. The van der Waals surface area contributed by atoms with Gasteiger partial charge in [-0.15, -0.1) is 0 Å². The summed E-state index contributed by atoms with van der Waals surface area (Å²) >= 11 is 0. The Morgan fingerprint density at radius 3 is 2.65 bits per heavy atom. The van der Waals surface area contributed by atoms with Crippen molar-refractivity contribution in [3.05, 3.63) is 0 Å². The van der Waals surface area contributed by atoms with Crippen LogP contribution in [-0.2, 0) is 13.9 Å². The van der Waals surface area contributed by atoms with Gasteiger partial charge in [-0.3, -0.25) is 0 Å². The van der Waals surface area contributed by atoms with E-state index < -0.39 is 14.6 Å². The maximum Gasteiger partial charge on any atom is 0.184 e. The van der Waals surface area contributed by atoms with Crippen LogP contribution < -0.4 is 0 Å². The van der Waals surface area contributed by atoms with Crippen LogP contribution in [0.2, 0.25) is 19.6 Å². The van der Waals surface area contributed by atoms with Gasteiger partial charge in [-0.05, 0) is 44.8 Å². The predicted octanol–water partition coefficient (Wildman–Crippen LogP) is 2.27. The van der Waals surface area contributed by atoms with Gasteiger partial charge in [-0.2, -0.15) is 0 Å². The fourth-order valence-corrected chi connectivity index (χ4v) is 6.40. The van der Waals surface area contributed by atoms with Crippen LogP contribution in [0.1, 0.15) is 32.1 Å². The van der Waals surface area contributed by atoms with Gasteiger partial charge in [-0.1, -0.05) is 6.42 Å². The molecule has 0 aromatic carbocycles. The van der Waals surface area contributed by atoms with E-state index in [-0.39, 0.29) is 23.2 Å². The second kappa shape index (κ2) is 4.07. The Morgan fingerprint density at radius 1 is 1.25 bits per heavy atom. The normalized spacial score (nSPS) is 54.0. The van der Waals surface area contributed by atoms with Gasteiger partial charge in [0, 0.05) is 6.42 Å². The van der Waals surface area contributed by atoms with Crippen LogP contribution in [0.5, 0.6) is 0 Å². The molecule has 6 atom stereocenters. The first-order valence-corrected chi connectivity index (χ1v) is 11.4. The summed E-state index contributed by atoms with van der Waals surface area (Å²) in [4.78, 5) is 0. The molecule has 0 aromatic heterocycles. The van der Waals surface area contributed by atoms with Gasteiger partial charge in [-0.25, -0.2) is 0 Å². The Labute approximate surface area is 121 Å². The van der Waals surface area contributed by atoms with Crippen molar-refractivity contribution in [2.75, 3.05) is 6.61 Å². The molecule has 5 fully saturated rings. The molecule has 2 spiro atoms. The highest BCUT2D eigenvalue weighted by molar-refractivity contribution is 6.69. The number of hydrogen-bond donors (Lipinski definition) is 1. The molecule has 5 heteroatoms. The summed E-state index contributed by atoms with van der Waals surface area (Å²) in [6.07, 6.45) is 5.04. The molecule has 3 saturated heterocycles. The zero-order chi connectivity index (χ0) is 14.2. The topological polar surface area (TPSA) is 51.2 Å². The molecular formula is C15H26O4Si. The molecular weight excluding hydrogens is 272 g/mol. The van der Waals surface area contributed by atoms with Crippen molar-refractivity contribution in [2.24, 2.45) is 11.3 Å². The Bertz CT molecular complexity index is 417. The van der Waals surface area contributed by atoms with Crippen molar-refractivity contribution < 1.29 is 19.0 Å². The van der Waals surface area contributed by atoms with Gasteiger partial charge < -0.3 is 19.0 Å². The number of fused-ring (bicyclic) bond motifs is 1. The highest BCUT2D eigenvalue weighted by Gasteiger charge is 2.77. The highest BCUT2D eigenvalue weighted by Crippen LogP contribution is 2.68. The van der Waals surface area contributed by atoms with Crippen LogP contribution in [0.15, 0.2) is 0 Å². The number of hydrogen-bond acceptors (Lipinski definition) is 4. The molecule has 1 unspecified atom stereocenters. The molecule has 1 N–H and O–H groups in total. The number of rotatable bonds is 2. The van der Waals surface area contributed by atoms with Crippen LogP contribution >= 0.6 is 0 Å². The summed E-state index contributed by atoms with van der Waals surface area (Å²) < 4.78 is 18.4. The van der Waals surface area contributed by atoms with Gasteiger partial charge in [0.25, 0.3) is 0 Å². The Kier molecular flexibility index (Phi) is 2.79. The van der Waals surface area contributed by atoms with Crippen molar-refractivity contribution in [3.8, 4) is 0 Å². The van der Waals surface area contributed by atoms with E-state index in [9.17, 15) is 5.11 Å². The quantitative estimate of drug-likeness (QED) is 0.628. The fourth-order valence-electron chi connectivity index (χ4n) is 5.24. The SMILES string of the molecule is C[Si](C)(C)O[C@H]1CCC[C@H]2C[C@@H]3C[C@]4(CO4)[C@@]21C(O)O3. The van der Waals surface area contributed by atoms with Crippen molar-refractivity contribution in [1.29, 1.82) is 0 Å². The van der Waals surface area contributed by atoms with Crippen LogP contribution in [0.4, 0.5) is 0 Å². The lowest BCUT2D eigenvalue weighted by Crippen LogP contribution is -2.71. The third-order valence-electron chi connectivity index (χ3n) is 5.84. The molecule has 2 bridgehead atoms. The first-order chi connectivity index (χ1) is 9.37. The van der Waals surface area contributed by atoms with Crippen molar-refractivity contribution in [2.45, 2.75) is 75.8 Å². The minimum Gasteiger partial charge on any atom is -0.414 e. The van der Waals surface area contributed by atoms with Crippen LogP contribution in [0.25, 0.3) is 0 Å². The largest absolute Gasteiger partial charge is 0.414 e. The molecule has 0 amide bonds. The van der Waals surface area contributed by atoms with E-state index in [1.54, 1.807) is 0 Å². The molecule has 114 valence electrons. The zero-order valence-corrected chi connectivity index (χ0v) is 13.7. The molecule has 2 saturated carbocycles. The molecule has 4 nitrogen and oxygen atoms in total. The van der Waals surface area contributed by atoms with E-state index in [0.717, 1.165) is 25.9 Å². The number of ether oxygens (including phenoxy) is 2. The first kappa shape index (κ1) is 13.7. The Hall–Kier alpha value is 0.0569. The summed E-state index contributed by atoms with van der Waals surface area (Å²) in [7, 11) is -1.65. The van der Waals surface area contributed by atoms with Gasteiger partial charge in [0.15, 0.2) is 14.6 Å². The van der Waals surface area contributed by atoms with Crippen LogP contribution in [0.3, 0.4) is 0 Å². The van der Waals surface area contributed by atoms with Crippen molar-refractivity contribution in [1.82, 2.24) is 0 Å². The van der Waals surface area contributed by atoms with E-state index in [1.165, 1.54) is 12.8 Å². The van der Waals surface area contributed by atoms with E-state index in [4.69, 9.17) is 13.9 Å².